The Balaban J connectivity index is 1.88. The number of oxime groups is 1. The van der Waals surface area contributed by atoms with Crippen LogP contribution < -0.4 is 15.4 Å². The standard InChI is InChI=1S/C15H24N4O2/c1-12(15(16)17-20)11-18-6-8-19(9-7-18)13-4-3-5-14(10-13)21-2/h3-5,10,12,20H,6-9,11H2,1-2H3,(H2,16,17). The highest BCUT2D eigenvalue weighted by atomic mass is 16.5. The molecule has 3 N–H and O–H groups in total. The van der Waals surface area contributed by atoms with Crippen molar-refractivity contribution in [3.8, 4) is 5.75 Å². The second kappa shape index (κ2) is 7.17. The maximum Gasteiger partial charge on any atom is 0.143 e. The summed E-state index contributed by atoms with van der Waals surface area (Å²) in [5, 5.41) is 11.8. The highest BCUT2D eigenvalue weighted by Gasteiger charge is 2.20. The zero-order valence-corrected chi connectivity index (χ0v) is 12.7. The molecule has 1 unspecified atom stereocenters. The number of amidine groups is 1. The molecule has 1 aromatic rings. The summed E-state index contributed by atoms with van der Waals surface area (Å²) in [7, 11) is 1.69. The van der Waals surface area contributed by atoms with E-state index in [1.807, 2.05) is 19.1 Å². The topological polar surface area (TPSA) is 74.3 Å². The minimum absolute atomic E-state index is 0.0679. The molecular weight excluding hydrogens is 268 g/mol. The number of benzene rings is 1. The van der Waals surface area contributed by atoms with Crippen molar-refractivity contribution in [2.75, 3.05) is 44.7 Å². The number of rotatable bonds is 5. The smallest absolute Gasteiger partial charge is 0.143 e. The molecule has 6 nitrogen and oxygen atoms in total. The third-order valence-electron chi connectivity index (χ3n) is 3.94. The van der Waals surface area contributed by atoms with Crippen LogP contribution in [-0.2, 0) is 0 Å². The van der Waals surface area contributed by atoms with Crippen LogP contribution in [0.3, 0.4) is 0 Å². The Labute approximate surface area is 125 Å². The zero-order chi connectivity index (χ0) is 15.2. The summed E-state index contributed by atoms with van der Waals surface area (Å²) in [6.07, 6.45) is 0. The van der Waals surface area contributed by atoms with E-state index >= 15 is 0 Å². The van der Waals surface area contributed by atoms with Gasteiger partial charge in [-0.2, -0.15) is 0 Å². The number of nitrogens with two attached hydrogens (primary N) is 1. The van der Waals surface area contributed by atoms with Crippen LogP contribution in [0.1, 0.15) is 6.92 Å². The lowest BCUT2D eigenvalue weighted by molar-refractivity contribution is 0.240. The summed E-state index contributed by atoms with van der Waals surface area (Å²) in [6.45, 7) is 6.68. The molecule has 0 aromatic heterocycles. The molecule has 1 fully saturated rings. The summed E-state index contributed by atoms with van der Waals surface area (Å²) in [5.41, 5.74) is 6.83. The van der Waals surface area contributed by atoms with Gasteiger partial charge in [-0.1, -0.05) is 18.1 Å². The van der Waals surface area contributed by atoms with Crippen molar-refractivity contribution >= 4 is 11.5 Å². The summed E-state index contributed by atoms with van der Waals surface area (Å²) in [6, 6.07) is 8.14. The van der Waals surface area contributed by atoms with Crippen molar-refractivity contribution in [2.45, 2.75) is 6.92 Å². The minimum atomic E-state index is 0.0679. The van der Waals surface area contributed by atoms with Gasteiger partial charge in [-0.15, -0.1) is 0 Å². The van der Waals surface area contributed by atoms with Gasteiger partial charge in [0.25, 0.3) is 0 Å². The van der Waals surface area contributed by atoms with E-state index in [1.165, 1.54) is 5.69 Å². The van der Waals surface area contributed by atoms with E-state index in [0.29, 0.717) is 5.84 Å². The number of methoxy groups -OCH3 is 1. The molecule has 21 heavy (non-hydrogen) atoms. The second-order valence-electron chi connectivity index (χ2n) is 5.42. The molecule has 0 spiro atoms. The molecule has 0 bridgehead atoms. The first-order valence-corrected chi connectivity index (χ1v) is 7.23. The monoisotopic (exact) mass is 292 g/mol. The van der Waals surface area contributed by atoms with Crippen LogP contribution in [0.15, 0.2) is 29.4 Å². The molecule has 116 valence electrons. The molecule has 1 aliphatic rings. The fourth-order valence-corrected chi connectivity index (χ4v) is 2.58. The van der Waals surface area contributed by atoms with Gasteiger partial charge in [-0.3, -0.25) is 4.90 Å². The van der Waals surface area contributed by atoms with E-state index in [9.17, 15) is 0 Å². The van der Waals surface area contributed by atoms with Crippen molar-refractivity contribution in [1.82, 2.24) is 4.90 Å². The van der Waals surface area contributed by atoms with Crippen molar-refractivity contribution in [3.63, 3.8) is 0 Å². The number of nitrogens with zero attached hydrogens (tertiary/aromatic N) is 3. The summed E-state index contributed by atoms with van der Waals surface area (Å²) < 4.78 is 5.27. The zero-order valence-electron chi connectivity index (χ0n) is 12.7. The maximum absolute atomic E-state index is 8.70. The van der Waals surface area contributed by atoms with E-state index < -0.39 is 0 Å². The lowest BCUT2D eigenvalue weighted by atomic mass is 10.1. The summed E-state index contributed by atoms with van der Waals surface area (Å²) in [4.78, 5) is 4.70. The average Bonchev–Trinajstić information content (AvgIpc) is 2.54. The molecule has 0 amide bonds. The fraction of sp³-hybridized carbons (Fsp3) is 0.533. The van der Waals surface area contributed by atoms with Crippen molar-refractivity contribution in [3.05, 3.63) is 24.3 Å². The largest absolute Gasteiger partial charge is 0.497 e. The molecule has 2 rings (SSSR count). The van der Waals surface area contributed by atoms with Gasteiger partial charge in [0.2, 0.25) is 0 Å². The number of piperazine rings is 1. The van der Waals surface area contributed by atoms with Gasteiger partial charge >= 0.3 is 0 Å². The van der Waals surface area contributed by atoms with E-state index in [-0.39, 0.29) is 5.92 Å². The van der Waals surface area contributed by atoms with Gasteiger partial charge < -0.3 is 20.6 Å². The second-order valence-corrected chi connectivity index (χ2v) is 5.42. The first-order chi connectivity index (χ1) is 10.1. The molecule has 0 aliphatic carbocycles. The SMILES string of the molecule is COc1cccc(N2CCN(CC(C)/C(N)=N/O)CC2)c1. The molecule has 1 aliphatic heterocycles. The molecule has 1 aromatic carbocycles. The number of hydrogen-bond acceptors (Lipinski definition) is 5. The lowest BCUT2D eigenvalue weighted by Crippen LogP contribution is -2.48. The molecule has 1 heterocycles. The first kappa shape index (κ1) is 15.4. The maximum atomic E-state index is 8.70. The minimum Gasteiger partial charge on any atom is -0.497 e. The van der Waals surface area contributed by atoms with Crippen LogP contribution >= 0.6 is 0 Å². The number of ether oxygens (including phenoxy) is 1. The predicted molar refractivity (Wildman–Crippen MR) is 84.2 cm³/mol. The van der Waals surface area contributed by atoms with Crippen molar-refractivity contribution in [2.24, 2.45) is 16.8 Å². The predicted octanol–water partition coefficient (Wildman–Crippen LogP) is 1.20. The van der Waals surface area contributed by atoms with Gasteiger partial charge in [0.15, 0.2) is 0 Å². The van der Waals surface area contributed by atoms with Crippen LogP contribution in [0.25, 0.3) is 0 Å². The van der Waals surface area contributed by atoms with Crippen LogP contribution in [-0.4, -0.2) is 55.8 Å². The van der Waals surface area contributed by atoms with E-state index in [2.05, 4.69) is 27.1 Å². The molecule has 1 atom stereocenters. The normalized spacial score (nSPS) is 18.6. The first-order valence-electron chi connectivity index (χ1n) is 7.23. The van der Waals surface area contributed by atoms with Crippen LogP contribution in [0.2, 0.25) is 0 Å². The lowest BCUT2D eigenvalue weighted by Gasteiger charge is -2.37. The quantitative estimate of drug-likeness (QED) is 0.369. The Hall–Kier alpha value is -1.95. The fourth-order valence-electron chi connectivity index (χ4n) is 2.58. The van der Waals surface area contributed by atoms with E-state index in [1.54, 1.807) is 7.11 Å². The molecule has 6 heteroatoms. The Morgan fingerprint density at radius 1 is 1.38 bits per heavy atom. The van der Waals surface area contributed by atoms with Crippen LogP contribution in [0.4, 0.5) is 5.69 Å². The van der Waals surface area contributed by atoms with E-state index in [0.717, 1.165) is 38.5 Å². The highest BCUT2D eigenvalue weighted by Crippen LogP contribution is 2.22. The van der Waals surface area contributed by atoms with Crippen LogP contribution in [0, 0.1) is 5.92 Å². The summed E-state index contributed by atoms with van der Waals surface area (Å²) in [5.74, 6) is 1.25. The number of hydrogen-bond donors (Lipinski definition) is 2. The van der Waals surface area contributed by atoms with Gasteiger partial charge in [-0.25, -0.2) is 0 Å². The molecule has 0 radical (unpaired) electrons. The molecular formula is C15H24N4O2. The number of anilines is 1. The van der Waals surface area contributed by atoms with Crippen molar-refractivity contribution in [1.29, 1.82) is 0 Å². The third-order valence-corrected chi connectivity index (χ3v) is 3.94. The Morgan fingerprint density at radius 2 is 2.10 bits per heavy atom. The van der Waals surface area contributed by atoms with Gasteiger partial charge in [0.1, 0.15) is 11.6 Å². The van der Waals surface area contributed by atoms with Crippen molar-refractivity contribution < 1.29 is 9.94 Å². The third kappa shape index (κ3) is 4.01. The highest BCUT2D eigenvalue weighted by molar-refractivity contribution is 5.82. The van der Waals surface area contributed by atoms with Gasteiger partial charge in [0, 0.05) is 50.4 Å². The van der Waals surface area contributed by atoms with Gasteiger partial charge in [0.05, 0.1) is 7.11 Å². The van der Waals surface area contributed by atoms with E-state index in [4.69, 9.17) is 15.7 Å². The Bertz CT molecular complexity index is 484. The van der Waals surface area contributed by atoms with Crippen LogP contribution in [0.5, 0.6) is 5.75 Å². The summed E-state index contributed by atoms with van der Waals surface area (Å²) >= 11 is 0. The Kier molecular flexibility index (Phi) is 5.27. The molecule has 1 saturated heterocycles. The van der Waals surface area contributed by atoms with Gasteiger partial charge in [-0.05, 0) is 12.1 Å². The average molecular weight is 292 g/mol. The molecule has 0 saturated carbocycles. The Morgan fingerprint density at radius 3 is 2.71 bits per heavy atom.